The van der Waals surface area contributed by atoms with E-state index in [1.54, 1.807) is 16.2 Å². The zero-order chi connectivity index (χ0) is 17.4. The molecule has 3 aromatic rings. The predicted octanol–water partition coefficient (Wildman–Crippen LogP) is 3.79. The van der Waals surface area contributed by atoms with Gasteiger partial charge in [-0.25, -0.2) is 0 Å². The fourth-order valence-electron chi connectivity index (χ4n) is 3.33. The molecule has 3 heterocycles. The minimum atomic E-state index is -0.197. The Morgan fingerprint density at radius 2 is 2.08 bits per heavy atom. The Morgan fingerprint density at radius 3 is 2.88 bits per heavy atom. The number of H-pyrrole nitrogens is 1. The molecule has 0 aliphatic carbocycles. The van der Waals surface area contributed by atoms with Crippen LogP contribution in [0.15, 0.2) is 48.0 Å². The van der Waals surface area contributed by atoms with Crippen molar-refractivity contribution in [2.24, 2.45) is 0 Å². The highest BCUT2D eigenvalue weighted by Gasteiger charge is 2.39. The summed E-state index contributed by atoms with van der Waals surface area (Å²) in [6.45, 7) is 3.26. The number of fused-ring (bicyclic) bond motifs is 1. The molecule has 1 N–H and O–H groups in total. The van der Waals surface area contributed by atoms with E-state index in [0.717, 1.165) is 11.9 Å². The fourth-order valence-corrected chi connectivity index (χ4v) is 4.43. The van der Waals surface area contributed by atoms with Gasteiger partial charge in [0, 0.05) is 28.5 Å². The number of thiocarbonyl (C=S) groups is 1. The molecule has 1 fully saturated rings. The average Bonchev–Trinajstić information content (AvgIpc) is 3.32. The van der Waals surface area contributed by atoms with Crippen LogP contribution in [0.25, 0.3) is 10.9 Å². The van der Waals surface area contributed by atoms with Crippen molar-refractivity contribution < 1.29 is 4.79 Å². The van der Waals surface area contributed by atoms with Gasteiger partial charge in [0.2, 0.25) is 0 Å². The van der Waals surface area contributed by atoms with Crippen molar-refractivity contribution in [3.8, 4) is 0 Å². The van der Waals surface area contributed by atoms with Gasteiger partial charge in [-0.3, -0.25) is 9.69 Å². The van der Waals surface area contributed by atoms with Crippen LogP contribution in [0, 0.1) is 0 Å². The molecule has 1 aliphatic heterocycles. The van der Waals surface area contributed by atoms with Gasteiger partial charge in [-0.15, -0.1) is 11.3 Å². The number of aromatic amines is 1. The Balaban J connectivity index is 1.48. The van der Waals surface area contributed by atoms with Gasteiger partial charge >= 0.3 is 0 Å². The first kappa shape index (κ1) is 16.3. The number of carbonyl (C=O) groups is 1. The topological polar surface area (TPSA) is 39.3 Å². The smallest absolute Gasteiger partial charge is 0.251 e. The van der Waals surface area contributed by atoms with Crippen LogP contribution in [-0.2, 0) is 17.8 Å². The van der Waals surface area contributed by atoms with Crippen molar-refractivity contribution in [3.05, 3.63) is 58.4 Å². The van der Waals surface area contributed by atoms with Crippen LogP contribution in [-0.4, -0.2) is 38.4 Å². The van der Waals surface area contributed by atoms with Crippen molar-refractivity contribution in [2.45, 2.75) is 25.9 Å². The summed E-state index contributed by atoms with van der Waals surface area (Å²) in [5.41, 5.74) is 2.34. The van der Waals surface area contributed by atoms with Crippen LogP contribution in [0.2, 0.25) is 0 Å². The van der Waals surface area contributed by atoms with Crippen LogP contribution in [0.3, 0.4) is 0 Å². The Hall–Kier alpha value is -2.18. The quantitative estimate of drug-likeness (QED) is 0.696. The Morgan fingerprint density at radius 1 is 1.24 bits per heavy atom. The van der Waals surface area contributed by atoms with Crippen LogP contribution in [0.4, 0.5) is 0 Å². The summed E-state index contributed by atoms with van der Waals surface area (Å²) >= 11 is 7.30. The first-order valence-corrected chi connectivity index (χ1v) is 9.63. The number of hydrogen-bond acceptors (Lipinski definition) is 3. The van der Waals surface area contributed by atoms with E-state index in [-0.39, 0.29) is 11.9 Å². The molecule has 4 nitrogen and oxygen atoms in total. The van der Waals surface area contributed by atoms with Gasteiger partial charge in [-0.1, -0.05) is 24.3 Å². The number of para-hydroxylation sites is 1. The maximum absolute atomic E-state index is 12.7. The molecule has 6 heteroatoms. The molecular formula is C19H19N3OS2. The fraction of sp³-hybridized carbons (Fsp3) is 0.263. The van der Waals surface area contributed by atoms with Gasteiger partial charge in [0.15, 0.2) is 5.11 Å². The maximum atomic E-state index is 12.7. The summed E-state index contributed by atoms with van der Waals surface area (Å²) in [6, 6.07) is 12.1. The lowest BCUT2D eigenvalue weighted by molar-refractivity contribution is -0.127. The second-order valence-electron chi connectivity index (χ2n) is 6.27. The standard InChI is InChI=1S/C19H19N3OS2/c1-13-18(23)21(19(24)22(13)12-15-5-4-10-25-15)9-8-14-11-20-17-7-3-2-6-16(14)17/h2-7,10-11,13,20H,8-9,12H2,1H3/t13-/m0/s1. The molecule has 2 aromatic heterocycles. The summed E-state index contributed by atoms with van der Waals surface area (Å²) < 4.78 is 0. The molecule has 128 valence electrons. The van der Waals surface area contributed by atoms with Crippen LogP contribution < -0.4 is 0 Å². The summed E-state index contributed by atoms with van der Waals surface area (Å²) in [4.78, 5) is 21.0. The predicted molar refractivity (Wildman–Crippen MR) is 106 cm³/mol. The highest BCUT2D eigenvalue weighted by Crippen LogP contribution is 2.24. The number of rotatable bonds is 5. The third-order valence-corrected chi connectivity index (χ3v) is 6.07. The number of aromatic nitrogens is 1. The number of hydrogen-bond donors (Lipinski definition) is 1. The van der Waals surface area contributed by atoms with Gasteiger partial charge in [0.1, 0.15) is 6.04 Å². The highest BCUT2D eigenvalue weighted by molar-refractivity contribution is 7.80. The molecule has 0 bridgehead atoms. The molecular weight excluding hydrogens is 350 g/mol. The molecule has 25 heavy (non-hydrogen) atoms. The number of benzene rings is 1. The summed E-state index contributed by atoms with van der Waals surface area (Å²) in [7, 11) is 0. The van der Waals surface area contributed by atoms with Gasteiger partial charge in [-0.2, -0.15) is 0 Å². The Labute approximate surface area is 156 Å². The van der Waals surface area contributed by atoms with Crippen LogP contribution in [0.1, 0.15) is 17.4 Å². The number of nitrogens with zero attached hydrogens (tertiary/aromatic N) is 2. The zero-order valence-corrected chi connectivity index (χ0v) is 15.6. The number of carbonyl (C=O) groups excluding carboxylic acids is 1. The third-order valence-electron chi connectivity index (χ3n) is 4.75. The van der Waals surface area contributed by atoms with Gasteiger partial charge in [-0.05, 0) is 48.6 Å². The van der Waals surface area contributed by atoms with Crippen LogP contribution in [0.5, 0.6) is 0 Å². The monoisotopic (exact) mass is 369 g/mol. The number of thiophene rings is 1. The van der Waals surface area contributed by atoms with Crippen molar-refractivity contribution in [2.75, 3.05) is 6.54 Å². The zero-order valence-electron chi connectivity index (χ0n) is 13.9. The van der Waals surface area contributed by atoms with Crippen LogP contribution >= 0.6 is 23.6 Å². The van der Waals surface area contributed by atoms with Gasteiger partial charge < -0.3 is 9.88 Å². The second-order valence-corrected chi connectivity index (χ2v) is 7.66. The lowest BCUT2D eigenvalue weighted by Gasteiger charge is -2.21. The van der Waals surface area contributed by atoms with E-state index in [9.17, 15) is 4.79 Å². The molecule has 0 unspecified atom stereocenters. The van der Waals surface area contributed by atoms with E-state index in [0.29, 0.717) is 18.2 Å². The normalized spacial score (nSPS) is 17.9. The van der Waals surface area contributed by atoms with E-state index >= 15 is 0 Å². The second kappa shape index (κ2) is 6.61. The molecule has 1 amide bonds. The molecule has 1 aromatic carbocycles. The third kappa shape index (κ3) is 2.96. The minimum absolute atomic E-state index is 0.0985. The SMILES string of the molecule is C[C@H]1C(=O)N(CCc2c[nH]c3ccccc23)C(=S)N1Cc1cccs1. The Kier molecular flexibility index (Phi) is 4.31. The van der Waals surface area contributed by atoms with E-state index in [1.807, 2.05) is 36.2 Å². The van der Waals surface area contributed by atoms with Crippen molar-refractivity contribution in [1.82, 2.24) is 14.8 Å². The number of nitrogens with one attached hydrogen (secondary N) is 1. The van der Waals surface area contributed by atoms with E-state index < -0.39 is 0 Å². The van der Waals surface area contributed by atoms with Gasteiger partial charge in [0.05, 0.1) is 6.54 Å². The Bertz CT molecular complexity index is 916. The van der Waals surface area contributed by atoms with Crippen molar-refractivity contribution >= 4 is 45.5 Å². The summed E-state index contributed by atoms with van der Waals surface area (Å²) in [6.07, 6.45) is 2.82. The molecule has 0 spiro atoms. The number of amides is 1. The summed E-state index contributed by atoms with van der Waals surface area (Å²) in [5.74, 6) is 0.0985. The molecule has 4 rings (SSSR count). The first-order valence-electron chi connectivity index (χ1n) is 8.34. The largest absolute Gasteiger partial charge is 0.361 e. The molecule has 0 saturated carbocycles. The van der Waals surface area contributed by atoms with Crippen molar-refractivity contribution in [1.29, 1.82) is 0 Å². The average molecular weight is 370 g/mol. The van der Waals surface area contributed by atoms with E-state index in [2.05, 4.69) is 28.6 Å². The first-order chi connectivity index (χ1) is 12.1. The summed E-state index contributed by atoms with van der Waals surface area (Å²) in [5, 5.41) is 3.91. The maximum Gasteiger partial charge on any atom is 0.251 e. The van der Waals surface area contributed by atoms with Crippen molar-refractivity contribution in [3.63, 3.8) is 0 Å². The van der Waals surface area contributed by atoms with Gasteiger partial charge in [0.25, 0.3) is 5.91 Å². The lowest BCUT2D eigenvalue weighted by atomic mass is 10.1. The minimum Gasteiger partial charge on any atom is -0.361 e. The molecule has 1 aliphatic rings. The van der Waals surface area contributed by atoms with E-state index in [1.165, 1.54) is 15.8 Å². The highest BCUT2D eigenvalue weighted by atomic mass is 32.1. The van der Waals surface area contributed by atoms with E-state index in [4.69, 9.17) is 12.2 Å². The molecule has 1 atom stereocenters. The molecule has 0 radical (unpaired) electrons. The molecule has 1 saturated heterocycles. The lowest BCUT2D eigenvalue weighted by Crippen LogP contribution is -2.34.